The molecule has 24 heavy (non-hydrogen) atoms. The Kier molecular flexibility index (Phi) is 7.92. The lowest BCUT2D eigenvalue weighted by Gasteiger charge is -2.29. The molecule has 0 aromatic heterocycles. The molecular formula is C19H32N4S. The minimum atomic E-state index is 0.687. The first-order chi connectivity index (χ1) is 11.6. The summed E-state index contributed by atoms with van der Waals surface area (Å²) < 4.78 is 0. The molecule has 1 aliphatic rings. The van der Waals surface area contributed by atoms with E-state index in [0.717, 1.165) is 25.6 Å². The molecule has 0 saturated carbocycles. The van der Waals surface area contributed by atoms with Crippen LogP contribution in [0.1, 0.15) is 25.3 Å². The highest BCUT2D eigenvalue weighted by Gasteiger charge is 2.17. The van der Waals surface area contributed by atoms with Crippen molar-refractivity contribution in [2.45, 2.75) is 31.2 Å². The second kappa shape index (κ2) is 9.94. The number of nitrogens with zero attached hydrogens (tertiary/aromatic N) is 3. The van der Waals surface area contributed by atoms with E-state index in [4.69, 9.17) is 4.99 Å². The highest BCUT2D eigenvalue weighted by molar-refractivity contribution is 7.98. The first-order valence-electron chi connectivity index (χ1n) is 8.93. The minimum Gasteiger partial charge on any atom is -0.357 e. The zero-order valence-electron chi connectivity index (χ0n) is 15.6. The Morgan fingerprint density at radius 2 is 2.12 bits per heavy atom. The van der Waals surface area contributed by atoms with E-state index in [9.17, 15) is 0 Å². The number of benzene rings is 1. The molecule has 5 heteroatoms. The average Bonchev–Trinajstić information content (AvgIpc) is 2.59. The Bertz CT molecular complexity index is 515. The predicted molar refractivity (Wildman–Crippen MR) is 106 cm³/mol. The first kappa shape index (κ1) is 19.1. The normalized spacial score (nSPS) is 19.3. The van der Waals surface area contributed by atoms with Crippen LogP contribution in [-0.2, 0) is 6.54 Å². The van der Waals surface area contributed by atoms with Crippen molar-refractivity contribution in [3.63, 3.8) is 0 Å². The van der Waals surface area contributed by atoms with E-state index >= 15 is 0 Å². The zero-order chi connectivity index (χ0) is 17.4. The maximum Gasteiger partial charge on any atom is 0.193 e. The number of thioether (sulfide) groups is 1. The van der Waals surface area contributed by atoms with E-state index in [1.807, 2.05) is 0 Å². The number of aliphatic imine (C=N–C) groups is 1. The number of nitrogens with one attached hydrogen (secondary N) is 1. The fraction of sp³-hybridized carbons (Fsp3) is 0.632. The molecule has 1 unspecified atom stereocenters. The highest BCUT2D eigenvalue weighted by Crippen LogP contribution is 2.17. The zero-order valence-corrected chi connectivity index (χ0v) is 16.4. The van der Waals surface area contributed by atoms with Gasteiger partial charge in [-0.2, -0.15) is 0 Å². The fourth-order valence-electron chi connectivity index (χ4n) is 3.19. The summed E-state index contributed by atoms with van der Waals surface area (Å²) in [7, 11) is 4.34. The summed E-state index contributed by atoms with van der Waals surface area (Å²) in [4.78, 5) is 10.9. The van der Waals surface area contributed by atoms with Gasteiger partial charge in [-0.05, 0) is 63.2 Å². The maximum absolute atomic E-state index is 4.90. The van der Waals surface area contributed by atoms with Crippen LogP contribution in [0.2, 0.25) is 0 Å². The van der Waals surface area contributed by atoms with Crippen molar-refractivity contribution in [1.82, 2.24) is 15.1 Å². The van der Waals surface area contributed by atoms with Crippen LogP contribution in [0, 0.1) is 5.92 Å². The molecule has 134 valence electrons. The van der Waals surface area contributed by atoms with Gasteiger partial charge in [0.25, 0.3) is 0 Å². The van der Waals surface area contributed by atoms with Crippen LogP contribution in [0.3, 0.4) is 0 Å². The van der Waals surface area contributed by atoms with Crippen molar-refractivity contribution < 1.29 is 0 Å². The van der Waals surface area contributed by atoms with Gasteiger partial charge in [0.05, 0.1) is 0 Å². The molecule has 4 nitrogen and oxygen atoms in total. The lowest BCUT2D eigenvalue weighted by molar-refractivity contribution is 0.214. The average molecular weight is 349 g/mol. The molecule has 0 radical (unpaired) electrons. The van der Waals surface area contributed by atoms with E-state index in [-0.39, 0.29) is 0 Å². The van der Waals surface area contributed by atoms with Gasteiger partial charge in [0.1, 0.15) is 0 Å². The van der Waals surface area contributed by atoms with Gasteiger partial charge in [-0.3, -0.25) is 4.99 Å². The molecule has 1 atom stereocenters. The van der Waals surface area contributed by atoms with Crippen molar-refractivity contribution in [1.29, 1.82) is 0 Å². The van der Waals surface area contributed by atoms with Gasteiger partial charge >= 0.3 is 0 Å². The van der Waals surface area contributed by atoms with Crippen molar-refractivity contribution in [2.24, 2.45) is 10.9 Å². The molecule has 1 fully saturated rings. The van der Waals surface area contributed by atoms with Crippen LogP contribution < -0.4 is 5.32 Å². The molecule has 0 spiro atoms. The smallest absolute Gasteiger partial charge is 0.193 e. The number of guanidine groups is 1. The molecule has 1 aromatic rings. The molecule has 2 rings (SSSR count). The second-order valence-electron chi connectivity index (χ2n) is 6.67. The Morgan fingerprint density at radius 3 is 2.75 bits per heavy atom. The number of likely N-dealkylation sites (tertiary alicyclic amines) is 1. The summed E-state index contributed by atoms with van der Waals surface area (Å²) in [6, 6.07) is 8.80. The van der Waals surface area contributed by atoms with Crippen molar-refractivity contribution >= 4 is 17.7 Å². The molecule has 1 aromatic carbocycles. The van der Waals surface area contributed by atoms with Gasteiger partial charge in [-0.1, -0.05) is 12.1 Å². The third-order valence-corrected chi connectivity index (χ3v) is 5.24. The summed E-state index contributed by atoms with van der Waals surface area (Å²) in [6.07, 6.45) is 4.71. The van der Waals surface area contributed by atoms with E-state index in [1.165, 1.54) is 36.4 Å². The molecule has 0 aliphatic carbocycles. The lowest BCUT2D eigenvalue weighted by Crippen LogP contribution is -2.39. The first-order valence-corrected chi connectivity index (χ1v) is 10.2. The summed E-state index contributed by atoms with van der Waals surface area (Å²) in [5.41, 5.74) is 1.32. The van der Waals surface area contributed by atoms with Gasteiger partial charge in [-0.15, -0.1) is 11.8 Å². The summed E-state index contributed by atoms with van der Waals surface area (Å²) in [5.74, 6) is 1.70. The quantitative estimate of drug-likeness (QED) is 0.486. The Morgan fingerprint density at radius 1 is 1.38 bits per heavy atom. The van der Waals surface area contributed by atoms with Gasteiger partial charge in [0.15, 0.2) is 5.96 Å². The third-order valence-electron chi connectivity index (χ3n) is 4.50. The van der Waals surface area contributed by atoms with Crippen molar-refractivity contribution in [3.8, 4) is 0 Å². The van der Waals surface area contributed by atoms with Gasteiger partial charge in [0, 0.05) is 38.1 Å². The molecule has 1 saturated heterocycles. The van der Waals surface area contributed by atoms with Gasteiger partial charge in [0.2, 0.25) is 0 Å². The summed E-state index contributed by atoms with van der Waals surface area (Å²) in [5, 5.41) is 3.43. The SMILES string of the molecule is CCNC(=NCC1CCCN(C)C1)N(C)Cc1ccc(SC)cc1. The van der Waals surface area contributed by atoms with Crippen LogP contribution in [0.15, 0.2) is 34.2 Å². The number of piperidine rings is 1. The number of hydrogen-bond donors (Lipinski definition) is 1. The van der Waals surface area contributed by atoms with Crippen LogP contribution >= 0.6 is 11.8 Å². The van der Waals surface area contributed by atoms with Gasteiger partial charge < -0.3 is 15.1 Å². The maximum atomic E-state index is 4.90. The second-order valence-corrected chi connectivity index (χ2v) is 7.55. The Labute approximate surface area is 151 Å². The molecular weight excluding hydrogens is 316 g/mol. The summed E-state index contributed by atoms with van der Waals surface area (Å²) in [6.45, 7) is 7.23. The lowest BCUT2D eigenvalue weighted by atomic mass is 9.99. The standard InChI is InChI=1S/C19H32N4S/c1-5-20-19(21-13-17-7-6-12-22(2)14-17)23(3)15-16-8-10-18(24-4)11-9-16/h8-11,17H,5-7,12-15H2,1-4H3,(H,20,21). The fourth-order valence-corrected chi connectivity index (χ4v) is 3.60. The van der Waals surface area contributed by atoms with E-state index in [1.54, 1.807) is 11.8 Å². The van der Waals surface area contributed by atoms with E-state index < -0.39 is 0 Å². The van der Waals surface area contributed by atoms with E-state index in [2.05, 4.69) is 66.7 Å². The predicted octanol–water partition coefficient (Wildman–Crippen LogP) is 3.15. The Balaban J connectivity index is 1.95. The third kappa shape index (κ3) is 6.02. The van der Waals surface area contributed by atoms with Crippen LogP contribution in [0.4, 0.5) is 0 Å². The van der Waals surface area contributed by atoms with Crippen LogP contribution in [0.25, 0.3) is 0 Å². The molecule has 0 amide bonds. The van der Waals surface area contributed by atoms with Crippen LogP contribution in [-0.4, -0.2) is 62.3 Å². The minimum absolute atomic E-state index is 0.687. The molecule has 1 N–H and O–H groups in total. The summed E-state index contributed by atoms with van der Waals surface area (Å²) >= 11 is 1.78. The molecule has 0 bridgehead atoms. The van der Waals surface area contributed by atoms with Gasteiger partial charge in [-0.25, -0.2) is 0 Å². The van der Waals surface area contributed by atoms with Crippen molar-refractivity contribution in [2.75, 3.05) is 46.5 Å². The van der Waals surface area contributed by atoms with Crippen molar-refractivity contribution in [3.05, 3.63) is 29.8 Å². The topological polar surface area (TPSA) is 30.9 Å². The molecule has 1 aliphatic heterocycles. The van der Waals surface area contributed by atoms with E-state index in [0.29, 0.717) is 5.92 Å². The largest absolute Gasteiger partial charge is 0.357 e. The van der Waals surface area contributed by atoms with Crippen LogP contribution in [0.5, 0.6) is 0 Å². The Hall–Kier alpha value is -1.20. The number of rotatable bonds is 6. The molecule has 1 heterocycles. The number of hydrogen-bond acceptors (Lipinski definition) is 3. The highest BCUT2D eigenvalue weighted by atomic mass is 32.2. The monoisotopic (exact) mass is 348 g/mol.